The molecule has 53 heavy (non-hydrogen) atoms. The predicted octanol–water partition coefficient (Wildman–Crippen LogP) is 3.14. The van der Waals surface area contributed by atoms with Gasteiger partial charge in [0, 0.05) is 24.7 Å². The normalized spacial score (nSPS) is 23.3. The van der Waals surface area contributed by atoms with E-state index in [1.807, 2.05) is 0 Å². The van der Waals surface area contributed by atoms with Crippen molar-refractivity contribution in [1.29, 1.82) is 0 Å². The number of hydrogen-bond acceptors (Lipinski definition) is 10. The summed E-state index contributed by atoms with van der Waals surface area (Å²) >= 11 is 0. The van der Waals surface area contributed by atoms with Crippen molar-refractivity contribution in [3.05, 3.63) is 55.1 Å². The summed E-state index contributed by atoms with van der Waals surface area (Å²) in [6.45, 7) is 13.5. The van der Waals surface area contributed by atoms with Crippen LogP contribution in [0.15, 0.2) is 49.3 Å². The quantitative estimate of drug-likeness (QED) is 0.246. The van der Waals surface area contributed by atoms with E-state index in [0.717, 1.165) is 11.0 Å². The minimum absolute atomic E-state index is 0.0339. The largest absolute Gasteiger partial charge is 0.444 e. The molecule has 16 nitrogen and oxygen atoms in total. The van der Waals surface area contributed by atoms with Crippen LogP contribution in [0.25, 0.3) is 5.69 Å². The molecule has 4 N–H and O–H groups in total. The van der Waals surface area contributed by atoms with Crippen LogP contribution in [0.5, 0.6) is 0 Å². The summed E-state index contributed by atoms with van der Waals surface area (Å²) in [7, 11) is -3.96. The molecule has 2 aliphatic carbocycles. The molecule has 1 saturated heterocycles. The van der Waals surface area contributed by atoms with Gasteiger partial charge in [0.25, 0.3) is 5.91 Å². The molecule has 288 valence electrons. The highest BCUT2D eigenvalue weighted by Crippen LogP contribution is 2.45. The zero-order chi connectivity index (χ0) is 39.1. The average Bonchev–Trinajstić information content (AvgIpc) is 3.91. The summed E-state index contributed by atoms with van der Waals surface area (Å²) in [5.41, 5.74) is -3.07. The average molecular weight is 760 g/mol. The third-order valence-electron chi connectivity index (χ3n) is 9.09. The molecule has 0 spiro atoms. The maximum absolute atomic E-state index is 14.3. The van der Waals surface area contributed by atoms with Crippen LogP contribution in [0.1, 0.15) is 67.2 Å². The van der Waals surface area contributed by atoms with Crippen molar-refractivity contribution in [3.8, 4) is 5.69 Å². The molecule has 1 aliphatic heterocycles. The first-order valence-electron chi connectivity index (χ1n) is 17.2. The molecular formula is C35H46FN7O9S. The number of halogens is 1. The van der Waals surface area contributed by atoms with E-state index in [4.69, 9.17) is 9.47 Å². The number of carbonyl (C=O) groups excluding carboxylic acids is 5. The van der Waals surface area contributed by atoms with Crippen LogP contribution in [0.4, 0.5) is 19.7 Å². The SMILES string of the molecule is C=CC1C[C@]1(NC(=O)[C@@H]1C[C@@H](OC(=O)Nc2cc(F)ccc2-n2cccn2)CN1C(=O)[C@@H](NC(=O)OC(C)(C)C)C(C)(C)C)C(=O)NS(=O)(=O)C1CC1. The summed E-state index contributed by atoms with van der Waals surface area (Å²) in [5, 5.41) is 11.2. The number of benzene rings is 1. The van der Waals surface area contributed by atoms with Crippen LogP contribution in [-0.2, 0) is 33.9 Å². The molecule has 1 unspecified atom stereocenters. The molecule has 18 heteroatoms. The Balaban J connectivity index is 1.40. The van der Waals surface area contributed by atoms with Crippen molar-refractivity contribution >= 4 is 45.6 Å². The van der Waals surface area contributed by atoms with Gasteiger partial charge in [-0.15, -0.1) is 6.58 Å². The number of ether oxygens (including phenoxy) is 2. The highest BCUT2D eigenvalue weighted by Gasteiger charge is 2.62. The van der Waals surface area contributed by atoms with Gasteiger partial charge in [-0.2, -0.15) is 5.10 Å². The van der Waals surface area contributed by atoms with Gasteiger partial charge >= 0.3 is 12.2 Å². The van der Waals surface area contributed by atoms with Gasteiger partial charge in [-0.3, -0.25) is 24.4 Å². The number of sulfonamides is 1. The first kappa shape index (κ1) is 39.2. The highest BCUT2D eigenvalue weighted by atomic mass is 32.2. The van der Waals surface area contributed by atoms with Gasteiger partial charge in [-0.1, -0.05) is 26.8 Å². The molecule has 0 bridgehead atoms. The fourth-order valence-corrected chi connectivity index (χ4v) is 7.51. The van der Waals surface area contributed by atoms with E-state index in [-0.39, 0.29) is 25.1 Å². The third kappa shape index (κ3) is 9.15. The second kappa shape index (κ2) is 14.4. The van der Waals surface area contributed by atoms with Crippen molar-refractivity contribution in [2.24, 2.45) is 11.3 Å². The number of nitrogens with one attached hydrogen (secondary N) is 4. The van der Waals surface area contributed by atoms with Gasteiger partial charge in [0.1, 0.15) is 35.1 Å². The van der Waals surface area contributed by atoms with Crippen molar-refractivity contribution < 1.29 is 46.3 Å². The Hall–Kier alpha value is -5.00. The zero-order valence-electron chi connectivity index (χ0n) is 30.5. The van der Waals surface area contributed by atoms with Crippen molar-refractivity contribution in [1.82, 2.24) is 30.0 Å². The Labute approximate surface area is 307 Å². The second-order valence-electron chi connectivity index (χ2n) is 15.6. The first-order chi connectivity index (χ1) is 24.6. The molecule has 3 aliphatic rings. The van der Waals surface area contributed by atoms with E-state index in [9.17, 15) is 36.8 Å². The summed E-state index contributed by atoms with van der Waals surface area (Å²) < 4.78 is 54.1. The Morgan fingerprint density at radius 3 is 2.36 bits per heavy atom. The lowest BCUT2D eigenvalue weighted by molar-refractivity contribution is -0.143. The minimum Gasteiger partial charge on any atom is -0.444 e. The topological polar surface area (TPSA) is 207 Å². The Morgan fingerprint density at radius 1 is 1.09 bits per heavy atom. The number of nitrogens with zero attached hydrogens (tertiary/aromatic N) is 3. The van der Waals surface area contributed by atoms with Gasteiger partial charge in [0.15, 0.2) is 0 Å². The van der Waals surface area contributed by atoms with Crippen LogP contribution in [0.2, 0.25) is 0 Å². The van der Waals surface area contributed by atoms with Gasteiger partial charge in [0.05, 0.1) is 23.2 Å². The number of rotatable bonds is 11. The molecule has 0 radical (unpaired) electrons. The fourth-order valence-electron chi connectivity index (χ4n) is 6.14. The first-order valence-corrected chi connectivity index (χ1v) is 18.8. The maximum atomic E-state index is 14.3. The van der Waals surface area contributed by atoms with E-state index in [1.54, 1.807) is 53.8 Å². The van der Waals surface area contributed by atoms with Gasteiger partial charge in [-0.05, 0) is 69.7 Å². The molecule has 3 fully saturated rings. The number of alkyl carbamates (subject to hydrolysis) is 1. The smallest absolute Gasteiger partial charge is 0.412 e. The van der Waals surface area contributed by atoms with E-state index >= 15 is 0 Å². The van der Waals surface area contributed by atoms with E-state index < -0.39 is 91.7 Å². The molecule has 5 amide bonds. The van der Waals surface area contributed by atoms with Crippen molar-refractivity contribution in [2.45, 2.75) is 102 Å². The van der Waals surface area contributed by atoms with E-state index in [2.05, 4.69) is 32.4 Å². The maximum Gasteiger partial charge on any atom is 0.412 e. The molecule has 2 saturated carbocycles. The van der Waals surface area contributed by atoms with Gasteiger partial charge in [0.2, 0.25) is 21.8 Å². The summed E-state index contributed by atoms with van der Waals surface area (Å²) in [6.07, 6.45) is 2.20. The van der Waals surface area contributed by atoms with E-state index in [1.165, 1.54) is 29.1 Å². The van der Waals surface area contributed by atoms with E-state index in [0.29, 0.717) is 18.5 Å². The highest BCUT2D eigenvalue weighted by molar-refractivity contribution is 7.91. The second-order valence-corrected chi connectivity index (χ2v) is 17.6. The number of hydrogen-bond donors (Lipinski definition) is 4. The molecule has 1 aromatic heterocycles. The molecule has 2 aromatic rings. The molecule has 1 aromatic carbocycles. The van der Waals surface area contributed by atoms with Crippen LogP contribution in [0, 0.1) is 17.2 Å². The lowest BCUT2D eigenvalue weighted by Crippen LogP contribution is -2.60. The van der Waals surface area contributed by atoms with Crippen LogP contribution < -0.4 is 20.7 Å². The summed E-state index contributed by atoms with van der Waals surface area (Å²) in [4.78, 5) is 69.1. The standard InChI is InChI=1S/C35H46FN7O9S/c1-8-20-18-35(20,30(46)41-53(49,50)23-11-12-23)40-28(44)26-17-22(19-42(26)29(45)27(33(2,3)4)39-32(48)52-34(5,6)7)51-31(47)38-24-16-21(36)10-13-25(24)43-15-9-14-37-43/h8-10,13-16,20,22-23,26-27H,1,11-12,17-19H2,2-7H3,(H,38,47)(H,39,48)(H,40,44)(H,41,46)/t20?,22-,26+,27-,35-/m1/s1. The zero-order valence-corrected chi connectivity index (χ0v) is 31.3. The Morgan fingerprint density at radius 2 is 1.79 bits per heavy atom. The van der Waals surface area contributed by atoms with Gasteiger partial charge < -0.3 is 25.0 Å². The Bertz CT molecular complexity index is 1890. The Kier molecular flexibility index (Phi) is 10.7. The fraction of sp³-hybridized carbons (Fsp3) is 0.543. The summed E-state index contributed by atoms with van der Waals surface area (Å²) in [6, 6.07) is 2.76. The van der Waals surface area contributed by atoms with Gasteiger partial charge in [-0.25, -0.2) is 27.1 Å². The van der Waals surface area contributed by atoms with Crippen molar-refractivity contribution in [3.63, 3.8) is 0 Å². The lowest BCUT2D eigenvalue weighted by Gasteiger charge is -2.36. The number of carbonyl (C=O) groups is 5. The molecular weight excluding hydrogens is 713 g/mol. The number of anilines is 1. The number of amides is 5. The monoisotopic (exact) mass is 759 g/mol. The van der Waals surface area contributed by atoms with Crippen LogP contribution in [0.3, 0.4) is 0 Å². The van der Waals surface area contributed by atoms with Crippen molar-refractivity contribution in [2.75, 3.05) is 11.9 Å². The summed E-state index contributed by atoms with van der Waals surface area (Å²) in [5.74, 6) is -3.68. The molecule has 2 heterocycles. The van der Waals surface area contributed by atoms with Crippen LogP contribution in [-0.4, -0.2) is 94.1 Å². The third-order valence-corrected chi connectivity index (χ3v) is 10.9. The minimum atomic E-state index is -3.96. The molecule has 5 atom stereocenters. The predicted molar refractivity (Wildman–Crippen MR) is 189 cm³/mol. The molecule has 5 rings (SSSR count). The van der Waals surface area contributed by atoms with Crippen LogP contribution >= 0.6 is 0 Å². The lowest BCUT2D eigenvalue weighted by atomic mass is 9.85. The number of aromatic nitrogens is 2. The number of likely N-dealkylation sites (tertiary alicyclic amines) is 1.